The fourth-order valence-electron chi connectivity index (χ4n) is 1.50. The van der Waals surface area contributed by atoms with Crippen molar-refractivity contribution in [3.63, 3.8) is 0 Å². The Kier molecular flexibility index (Phi) is 6.93. The van der Waals surface area contributed by atoms with Gasteiger partial charge in [0.1, 0.15) is 6.61 Å². The summed E-state index contributed by atoms with van der Waals surface area (Å²) in [4.78, 5) is 0. The SMILES string of the molecule is C=C/C=N\N(N)C[C@@H](N)C(F)(F)COCc1ccccc1. The van der Waals surface area contributed by atoms with E-state index in [9.17, 15) is 8.78 Å². The van der Waals surface area contributed by atoms with Gasteiger partial charge in [0, 0.05) is 6.21 Å². The Balaban J connectivity index is 2.40. The van der Waals surface area contributed by atoms with Crippen LogP contribution in [0.1, 0.15) is 5.56 Å². The zero-order chi connectivity index (χ0) is 15.7. The first-order chi connectivity index (χ1) is 9.95. The first-order valence-electron chi connectivity index (χ1n) is 6.38. The number of hydrazone groups is 1. The van der Waals surface area contributed by atoms with Crippen molar-refractivity contribution < 1.29 is 13.5 Å². The number of nitrogens with two attached hydrogens (primary N) is 2. The Morgan fingerprint density at radius 3 is 2.67 bits per heavy atom. The summed E-state index contributed by atoms with van der Waals surface area (Å²) in [5, 5.41) is 4.48. The molecule has 0 fully saturated rings. The smallest absolute Gasteiger partial charge is 0.287 e. The normalized spacial score (nSPS) is 13.3. The Bertz CT molecular complexity index is 454. The quantitative estimate of drug-likeness (QED) is 0.411. The molecule has 0 unspecified atom stereocenters. The molecule has 21 heavy (non-hydrogen) atoms. The summed E-state index contributed by atoms with van der Waals surface area (Å²) in [6.45, 7) is 2.42. The number of benzene rings is 1. The molecule has 0 radical (unpaired) electrons. The van der Waals surface area contributed by atoms with Crippen LogP contribution in [0.4, 0.5) is 8.78 Å². The molecule has 1 rings (SSSR count). The largest absolute Gasteiger partial charge is 0.370 e. The van der Waals surface area contributed by atoms with Crippen molar-refractivity contribution in [1.29, 1.82) is 0 Å². The highest BCUT2D eigenvalue weighted by atomic mass is 19.3. The molecular formula is C14H20F2N4O. The number of ether oxygens (including phenoxy) is 1. The number of hydrogen-bond donors (Lipinski definition) is 2. The van der Waals surface area contributed by atoms with Gasteiger partial charge >= 0.3 is 0 Å². The average Bonchev–Trinajstić information content (AvgIpc) is 2.46. The van der Waals surface area contributed by atoms with Crippen LogP contribution < -0.4 is 11.6 Å². The van der Waals surface area contributed by atoms with Crippen LogP contribution >= 0.6 is 0 Å². The summed E-state index contributed by atoms with van der Waals surface area (Å²) < 4.78 is 32.6. The summed E-state index contributed by atoms with van der Waals surface area (Å²) >= 11 is 0. The topological polar surface area (TPSA) is 76.9 Å². The molecule has 0 aliphatic heterocycles. The zero-order valence-electron chi connectivity index (χ0n) is 11.7. The average molecular weight is 298 g/mol. The van der Waals surface area contributed by atoms with Gasteiger partial charge in [-0.15, -0.1) is 0 Å². The fourth-order valence-corrected chi connectivity index (χ4v) is 1.50. The van der Waals surface area contributed by atoms with Gasteiger partial charge in [-0.1, -0.05) is 36.9 Å². The number of rotatable bonds is 9. The molecule has 0 heterocycles. The minimum atomic E-state index is -3.20. The number of allylic oxidation sites excluding steroid dienone is 1. The van der Waals surface area contributed by atoms with Gasteiger partial charge < -0.3 is 10.5 Å². The van der Waals surface area contributed by atoms with Crippen LogP contribution in [0, 0.1) is 0 Å². The lowest BCUT2D eigenvalue weighted by atomic mass is 10.1. The first-order valence-corrected chi connectivity index (χ1v) is 6.38. The minimum Gasteiger partial charge on any atom is -0.370 e. The molecule has 0 spiro atoms. The Morgan fingerprint density at radius 2 is 2.05 bits per heavy atom. The van der Waals surface area contributed by atoms with Crippen LogP contribution in [0.2, 0.25) is 0 Å². The van der Waals surface area contributed by atoms with Gasteiger partial charge in [0.15, 0.2) is 0 Å². The van der Waals surface area contributed by atoms with Gasteiger partial charge in [0.2, 0.25) is 0 Å². The van der Waals surface area contributed by atoms with Crippen molar-refractivity contribution >= 4 is 6.21 Å². The summed E-state index contributed by atoms with van der Waals surface area (Å²) in [6.07, 6.45) is 2.67. The Morgan fingerprint density at radius 1 is 1.38 bits per heavy atom. The molecule has 0 bridgehead atoms. The molecule has 7 heteroatoms. The second-order valence-electron chi connectivity index (χ2n) is 4.47. The molecule has 5 nitrogen and oxygen atoms in total. The third kappa shape index (κ3) is 6.44. The number of halogens is 2. The lowest BCUT2D eigenvalue weighted by Crippen LogP contribution is -2.51. The monoisotopic (exact) mass is 298 g/mol. The Hall–Kier alpha value is -1.83. The summed E-state index contributed by atoms with van der Waals surface area (Å²) in [5.74, 6) is 2.21. The van der Waals surface area contributed by atoms with Crippen LogP contribution in [-0.2, 0) is 11.3 Å². The van der Waals surface area contributed by atoms with E-state index in [1.807, 2.05) is 18.2 Å². The van der Waals surface area contributed by atoms with Crippen molar-refractivity contribution in [3.05, 3.63) is 48.6 Å². The van der Waals surface area contributed by atoms with E-state index in [4.69, 9.17) is 16.3 Å². The van der Waals surface area contributed by atoms with Crippen molar-refractivity contribution in [2.24, 2.45) is 16.7 Å². The maximum Gasteiger partial charge on any atom is 0.287 e. The number of alkyl halides is 2. The second-order valence-corrected chi connectivity index (χ2v) is 4.47. The van der Waals surface area contributed by atoms with E-state index < -0.39 is 18.6 Å². The maximum absolute atomic E-state index is 13.8. The lowest BCUT2D eigenvalue weighted by Gasteiger charge is -2.25. The van der Waals surface area contributed by atoms with Crippen molar-refractivity contribution in [3.8, 4) is 0 Å². The van der Waals surface area contributed by atoms with E-state index >= 15 is 0 Å². The second kappa shape index (κ2) is 8.46. The molecule has 116 valence electrons. The van der Waals surface area contributed by atoms with Gasteiger partial charge in [-0.05, 0) is 11.6 Å². The molecule has 0 aliphatic carbocycles. The van der Waals surface area contributed by atoms with Gasteiger partial charge in [-0.25, -0.2) is 19.7 Å². The summed E-state index contributed by atoms with van der Waals surface area (Å²) in [6, 6.07) is 7.57. The van der Waals surface area contributed by atoms with E-state index in [0.29, 0.717) is 0 Å². The van der Waals surface area contributed by atoms with Crippen molar-refractivity contribution in [2.75, 3.05) is 13.2 Å². The van der Waals surface area contributed by atoms with Crippen LogP contribution in [0.15, 0.2) is 48.1 Å². The maximum atomic E-state index is 13.8. The van der Waals surface area contributed by atoms with E-state index in [-0.39, 0.29) is 13.2 Å². The molecule has 1 atom stereocenters. The highest BCUT2D eigenvalue weighted by molar-refractivity contribution is 5.69. The third-order valence-electron chi connectivity index (χ3n) is 2.65. The molecule has 0 aliphatic rings. The summed E-state index contributed by atoms with van der Waals surface area (Å²) in [5.41, 5.74) is 6.27. The highest BCUT2D eigenvalue weighted by Crippen LogP contribution is 2.19. The van der Waals surface area contributed by atoms with Gasteiger partial charge in [0.25, 0.3) is 5.92 Å². The molecule has 1 aromatic rings. The van der Waals surface area contributed by atoms with E-state index in [1.165, 1.54) is 12.3 Å². The highest BCUT2D eigenvalue weighted by Gasteiger charge is 2.38. The van der Waals surface area contributed by atoms with Gasteiger partial charge in [0.05, 0.1) is 19.2 Å². The standard InChI is InChI=1S/C14H20F2N4O/c1-2-8-19-20(18)9-13(17)14(15,16)11-21-10-12-6-4-3-5-7-12/h2-8,13H,1,9-11,17-18H2/b19-8-/t13-/m1/s1. The van der Waals surface area contributed by atoms with E-state index in [0.717, 1.165) is 10.7 Å². The predicted molar refractivity (Wildman–Crippen MR) is 78.6 cm³/mol. The molecule has 0 saturated heterocycles. The molecule has 1 aromatic carbocycles. The fraction of sp³-hybridized carbons (Fsp3) is 0.357. The van der Waals surface area contributed by atoms with Gasteiger partial charge in [-0.3, -0.25) is 0 Å². The van der Waals surface area contributed by atoms with Crippen LogP contribution in [0.25, 0.3) is 0 Å². The number of hydrogen-bond acceptors (Lipinski definition) is 5. The molecular weight excluding hydrogens is 278 g/mol. The van der Waals surface area contributed by atoms with E-state index in [2.05, 4.69) is 11.7 Å². The Labute approximate surface area is 122 Å². The van der Waals surface area contributed by atoms with Crippen LogP contribution in [0.3, 0.4) is 0 Å². The van der Waals surface area contributed by atoms with Gasteiger partial charge in [-0.2, -0.15) is 5.10 Å². The van der Waals surface area contributed by atoms with Crippen molar-refractivity contribution in [1.82, 2.24) is 5.12 Å². The molecule has 0 aromatic heterocycles. The third-order valence-corrected chi connectivity index (χ3v) is 2.65. The zero-order valence-corrected chi connectivity index (χ0v) is 11.7. The minimum absolute atomic E-state index is 0.101. The number of nitrogens with zero attached hydrogens (tertiary/aromatic N) is 2. The molecule has 4 N–H and O–H groups in total. The molecule has 0 saturated carbocycles. The lowest BCUT2D eigenvalue weighted by molar-refractivity contribution is -0.102. The van der Waals surface area contributed by atoms with E-state index in [1.54, 1.807) is 12.1 Å². The van der Waals surface area contributed by atoms with Crippen LogP contribution in [-0.4, -0.2) is 36.4 Å². The molecule has 0 amide bonds. The summed E-state index contributed by atoms with van der Waals surface area (Å²) in [7, 11) is 0. The predicted octanol–water partition coefficient (Wildman–Crippen LogP) is 1.51. The van der Waals surface area contributed by atoms with Crippen molar-refractivity contribution in [2.45, 2.75) is 18.6 Å². The number of hydrazine groups is 1. The first kappa shape index (κ1) is 17.2. The van der Waals surface area contributed by atoms with Crippen LogP contribution in [0.5, 0.6) is 0 Å².